The Hall–Kier alpha value is -0.520. The zero-order valence-corrected chi connectivity index (χ0v) is 14.0. The van der Waals surface area contributed by atoms with E-state index in [0.717, 1.165) is 30.2 Å². The summed E-state index contributed by atoms with van der Waals surface area (Å²) >= 11 is 5.92. The Morgan fingerprint density at radius 1 is 1.35 bits per heavy atom. The van der Waals surface area contributed by atoms with Gasteiger partial charge in [0.2, 0.25) is 0 Å². The third-order valence-electron chi connectivity index (χ3n) is 3.07. The number of aryl methyl sites for hydroxylation is 1. The van der Waals surface area contributed by atoms with Gasteiger partial charge in [-0.15, -0.1) is 0 Å². The maximum Gasteiger partial charge on any atom is 0.263 e. The molecular formula is C14H18ClNO2S2. The quantitative estimate of drug-likeness (QED) is 0.791. The van der Waals surface area contributed by atoms with Crippen LogP contribution in [0.4, 0.5) is 0 Å². The molecule has 1 heterocycles. The van der Waals surface area contributed by atoms with Crippen molar-refractivity contribution in [2.24, 2.45) is 0 Å². The van der Waals surface area contributed by atoms with E-state index in [4.69, 9.17) is 16.3 Å². The Balaban J connectivity index is 1.99. The Labute approximate surface area is 132 Å². The van der Waals surface area contributed by atoms with Gasteiger partial charge in [0, 0.05) is 29.6 Å². The van der Waals surface area contributed by atoms with E-state index >= 15 is 0 Å². The molecule has 1 atom stereocenters. The highest BCUT2D eigenvalue weighted by atomic mass is 35.5. The largest absolute Gasteiger partial charge is 0.481 e. The smallest absolute Gasteiger partial charge is 0.263 e. The zero-order valence-electron chi connectivity index (χ0n) is 11.6. The van der Waals surface area contributed by atoms with Gasteiger partial charge in [-0.25, -0.2) is 0 Å². The van der Waals surface area contributed by atoms with Crippen molar-refractivity contribution in [3.8, 4) is 5.75 Å². The highest BCUT2D eigenvalue weighted by molar-refractivity contribution is 8.76. The van der Waals surface area contributed by atoms with Crippen LogP contribution in [0.1, 0.15) is 12.5 Å². The number of nitrogens with zero attached hydrogens (tertiary/aromatic N) is 1. The van der Waals surface area contributed by atoms with Crippen LogP contribution in [-0.4, -0.2) is 41.5 Å². The van der Waals surface area contributed by atoms with Crippen molar-refractivity contribution >= 4 is 39.1 Å². The lowest BCUT2D eigenvalue weighted by Gasteiger charge is -2.24. The van der Waals surface area contributed by atoms with Crippen LogP contribution in [0.25, 0.3) is 0 Å². The minimum absolute atomic E-state index is 0.0578. The van der Waals surface area contributed by atoms with Gasteiger partial charge in [0.1, 0.15) is 5.75 Å². The molecule has 0 aromatic heterocycles. The summed E-state index contributed by atoms with van der Waals surface area (Å²) in [5.74, 6) is 2.72. The fraction of sp³-hybridized carbons (Fsp3) is 0.500. The van der Waals surface area contributed by atoms with E-state index in [0.29, 0.717) is 10.8 Å². The van der Waals surface area contributed by atoms with Crippen molar-refractivity contribution in [2.75, 3.05) is 24.6 Å². The molecule has 0 spiro atoms. The molecule has 1 fully saturated rings. The number of hydrogen-bond donors (Lipinski definition) is 0. The first-order valence-electron chi connectivity index (χ1n) is 6.54. The maximum absolute atomic E-state index is 12.4. The maximum atomic E-state index is 12.4. The molecule has 3 nitrogen and oxygen atoms in total. The van der Waals surface area contributed by atoms with E-state index < -0.39 is 6.10 Å². The fourth-order valence-electron chi connectivity index (χ4n) is 1.99. The molecule has 6 heteroatoms. The van der Waals surface area contributed by atoms with Crippen molar-refractivity contribution in [1.82, 2.24) is 4.90 Å². The van der Waals surface area contributed by atoms with E-state index in [2.05, 4.69) is 0 Å². The number of rotatable bonds is 3. The molecule has 0 N–H and O–H groups in total. The van der Waals surface area contributed by atoms with Crippen LogP contribution in [0, 0.1) is 6.92 Å². The molecule has 1 unspecified atom stereocenters. The molecule has 1 aromatic carbocycles. The lowest BCUT2D eigenvalue weighted by molar-refractivity contribution is -0.137. The number of amides is 1. The Bertz CT molecular complexity index is 476. The third-order valence-corrected chi connectivity index (χ3v) is 5.67. The van der Waals surface area contributed by atoms with Crippen LogP contribution in [0.2, 0.25) is 5.02 Å². The van der Waals surface area contributed by atoms with Crippen molar-refractivity contribution in [1.29, 1.82) is 0 Å². The van der Waals surface area contributed by atoms with Gasteiger partial charge >= 0.3 is 0 Å². The highest BCUT2D eigenvalue weighted by Gasteiger charge is 2.23. The average Bonchev–Trinajstić information content (AvgIpc) is 2.70. The minimum atomic E-state index is -0.469. The normalized spacial score (nSPS) is 17.4. The van der Waals surface area contributed by atoms with Gasteiger partial charge in [-0.05, 0) is 37.6 Å². The Morgan fingerprint density at radius 3 is 2.60 bits per heavy atom. The van der Waals surface area contributed by atoms with Gasteiger partial charge in [0.15, 0.2) is 6.10 Å². The zero-order chi connectivity index (χ0) is 14.5. The molecule has 0 aliphatic carbocycles. The number of benzene rings is 1. The van der Waals surface area contributed by atoms with Crippen LogP contribution in [0.3, 0.4) is 0 Å². The highest BCUT2D eigenvalue weighted by Crippen LogP contribution is 2.25. The molecule has 1 aliphatic rings. The van der Waals surface area contributed by atoms with Gasteiger partial charge < -0.3 is 9.64 Å². The lowest BCUT2D eigenvalue weighted by Crippen LogP contribution is -2.42. The average molecular weight is 332 g/mol. The summed E-state index contributed by atoms with van der Waals surface area (Å²) in [6.07, 6.45) is -0.469. The standard InChI is InChI=1S/C14H18ClNO2S2/c1-10-9-12(15)3-4-13(10)18-11(2)14(17)16-5-7-19-20-8-6-16/h3-4,9,11H,5-8H2,1-2H3. The monoisotopic (exact) mass is 331 g/mol. The van der Waals surface area contributed by atoms with Crippen LogP contribution < -0.4 is 4.74 Å². The molecule has 0 radical (unpaired) electrons. The second-order valence-corrected chi connectivity index (χ2v) is 7.78. The van der Waals surface area contributed by atoms with Crippen LogP contribution in [0.5, 0.6) is 5.75 Å². The Morgan fingerprint density at radius 2 is 2.00 bits per heavy atom. The molecule has 1 saturated heterocycles. The molecular weight excluding hydrogens is 314 g/mol. The van der Waals surface area contributed by atoms with Gasteiger partial charge in [-0.1, -0.05) is 33.2 Å². The first kappa shape index (κ1) is 15.9. The SMILES string of the molecule is Cc1cc(Cl)ccc1OC(C)C(=O)N1CCSSCC1. The number of carbonyl (C=O) groups is 1. The first-order chi connectivity index (χ1) is 9.58. The van der Waals surface area contributed by atoms with E-state index in [1.54, 1.807) is 6.07 Å². The van der Waals surface area contributed by atoms with E-state index in [1.165, 1.54) is 0 Å². The molecule has 20 heavy (non-hydrogen) atoms. The topological polar surface area (TPSA) is 29.5 Å². The van der Waals surface area contributed by atoms with Gasteiger partial charge in [-0.2, -0.15) is 0 Å². The van der Waals surface area contributed by atoms with Gasteiger partial charge in [0.25, 0.3) is 5.91 Å². The lowest BCUT2D eigenvalue weighted by atomic mass is 10.2. The summed E-state index contributed by atoms with van der Waals surface area (Å²) in [5, 5.41) is 0.676. The van der Waals surface area contributed by atoms with Crippen LogP contribution in [-0.2, 0) is 4.79 Å². The van der Waals surface area contributed by atoms with Crippen molar-refractivity contribution < 1.29 is 9.53 Å². The van der Waals surface area contributed by atoms with E-state index in [9.17, 15) is 4.79 Å². The minimum Gasteiger partial charge on any atom is -0.481 e. The molecule has 0 bridgehead atoms. The number of ether oxygens (including phenoxy) is 1. The second-order valence-electron chi connectivity index (χ2n) is 4.64. The Kier molecular flexibility index (Phi) is 5.93. The molecule has 1 aromatic rings. The molecule has 110 valence electrons. The fourth-order valence-corrected chi connectivity index (χ4v) is 4.19. The summed E-state index contributed by atoms with van der Waals surface area (Å²) in [5.41, 5.74) is 0.944. The summed E-state index contributed by atoms with van der Waals surface area (Å²) in [7, 11) is 3.65. The summed E-state index contributed by atoms with van der Waals surface area (Å²) in [6.45, 7) is 5.33. The predicted molar refractivity (Wildman–Crippen MR) is 87.8 cm³/mol. The molecule has 1 amide bonds. The summed E-state index contributed by atoms with van der Waals surface area (Å²) in [4.78, 5) is 14.3. The van der Waals surface area contributed by atoms with Gasteiger partial charge in [0.05, 0.1) is 0 Å². The van der Waals surface area contributed by atoms with Crippen LogP contribution in [0.15, 0.2) is 18.2 Å². The van der Waals surface area contributed by atoms with Crippen molar-refractivity contribution in [3.05, 3.63) is 28.8 Å². The van der Waals surface area contributed by atoms with E-state index in [1.807, 2.05) is 52.5 Å². The first-order valence-corrected chi connectivity index (χ1v) is 9.40. The number of halogens is 1. The van der Waals surface area contributed by atoms with Crippen LogP contribution >= 0.6 is 33.2 Å². The second kappa shape index (κ2) is 7.48. The summed E-state index contributed by atoms with van der Waals surface area (Å²) in [6, 6.07) is 5.43. The number of hydrogen-bond acceptors (Lipinski definition) is 4. The van der Waals surface area contributed by atoms with Crippen molar-refractivity contribution in [3.63, 3.8) is 0 Å². The van der Waals surface area contributed by atoms with E-state index in [-0.39, 0.29) is 5.91 Å². The number of carbonyl (C=O) groups excluding carboxylic acids is 1. The molecule has 0 saturated carbocycles. The molecule has 2 rings (SSSR count). The third kappa shape index (κ3) is 4.24. The van der Waals surface area contributed by atoms with Gasteiger partial charge in [-0.3, -0.25) is 4.79 Å². The summed E-state index contributed by atoms with van der Waals surface area (Å²) < 4.78 is 5.79. The predicted octanol–water partition coefficient (Wildman–Crippen LogP) is 3.64. The van der Waals surface area contributed by atoms with Crippen molar-refractivity contribution in [2.45, 2.75) is 20.0 Å². The molecule has 1 aliphatic heterocycles.